The molecule has 0 atom stereocenters. The Morgan fingerprint density at radius 3 is 3.00 bits per heavy atom. The highest BCUT2D eigenvalue weighted by Gasteiger charge is 2.02. The third kappa shape index (κ3) is 2.58. The van der Waals surface area contributed by atoms with Gasteiger partial charge in [-0.3, -0.25) is 4.98 Å². The molecule has 2 rings (SSSR count). The summed E-state index contributed by atoms with van der Waals surface area (Å²) in [6.45, 7) is 2.84. The molecule has 2 heterocycles. The van der Waals surface area contributed by atoms with Crippen LogP contribution in [-0.2, 0) is 6.54 Å². The van der Waals surface area contributed by atoms with Crippen molar-refractivity contribution in [3.63, 3.8) is 0 Å². The molecule has 0 radical (unpaired) electrons. The number of aryl methyl sites for hydroxylation is 1. The van der Waals surface area contributed by atoms with Crippen LogP contribution in [0.3, 0.4) is 0 Å². The maximum absolute atomic E-state index is 4.23. The van der Waals surface area contributed by atoms with Crippen molar-refractivity contribution in [1.29, 1.82) is 0 Å². The first-order chi connectivity index (χ1) is 7.27. The molecule has 0 aliphatic rings. The van der Waals surface area contributed by atoms with Crippen molar-refractivity contribution in [3.8, 4) is 0 Å². The fourth-order valence-corrected chi connectivity index (χ4v) is 2.73. The summed E-state index contributed by atoms with van der Waals surface area (Å²) >= 11 is 5.26. The highest BCUT2D eigenvalue weighted by Crippen LogP contribution is 2.23. The van der Waals surface area contributed by atoms with Crippen LogP contribution in [-0.4, -0.2) is 4.98 Å². The Bertz CT molecular complexity index is 453. The number of hydrogen-bond donors (Lipinski definition) is 1. The van der Waals surface area contributed by atoms with Crippen LogP contribution in [0.5, 0.6) is 0 Å². The molecule has 0 aliphatic carbocycles. The first kappa shape index (κ1) is 10.6. The largest absolute Gasteiger partial charge is 0.379 e. The molecule has 78 valence electrons. The van der Waals surface area contributed by atoms with Gasteiger partial charge < -0.3 is 5.32 Å². The summed E-state index contributed by atoms with van der Waals surface area (Å²) in [5.41, 5.74) is 2.13. The van der Waals surface area contributed by atoms with Crippen LogP contribution in [0.4, 0.5) is 5.69 Å². The van der Waals surface area contributed by atoms with E-state index in [0.717, 1.165) is 17.9 Å². The second kappa shape index (κ2) is 4.77. The average Bonchev–Trinajstić information content (AvgIpc) is 2.63. The number of nitrogens with zero attached hydrogens (tertiary/aromatic N) is 1. The van der Waals surface area contributed by atoms with Crippen molar-refractivity contribution in [2.24, 2.45) is 0 Å². The van der Waals surface area contributed by atoms with E-state index in [9.17, 15) is 0 Å². The van der Waals surface area contributed by atoms with Crippen molar-refractivity contribution < 1.29 is 0 Å². The minimum absolute atomic E-state index is 0.838. The molecule has 0 spiro atoms. The molecular formula is C11H11BrN2S. The Labute approximate surface area is 101 Å². The van der Waals surface area contributed by atoms with Gasteiger partial charge >= 0.3 is 0 Å². The first-order valence-corrected chi connectivity index (χ1v) is 6.32. The first-order valence-electron chi connectivity index (χ1n) is 4.65. The van der Waals surface area contributed by atoms with Gasteiger partial charge in [0.25, 0.3) is 0 Å². The molecule has 2 aromatic rings. The third-order valence-electron chi connectivity index (χ3n) is 2.14. The predicted molar refractivity (Wildman–Crippen MR) is 68.3 cm³/mol. The summed E-state index contributed by atoms with van der Waals surface area (Å²) in [5, 5.41) is 5.45. The number of aromatic nitrogens is 1. The Morgan fingerprint density at radius 2 is 2.33 bits per heavy atom. The minimum atomic E-state index is 0.838. The average molecular weight is 283 g/mol. The number of rotatable bonds is 3. The molecule has 15 heavy (non-hydrogen) atoms. The molecule has 0 bridgehead atoms. The lowest BCUT2D eigenvalue weighted by Gasteiger charge is -2.07. The molecule has 1 N–H and O–H groups in total. The van der Waals surface area contributed by atoms with Crippen molar-refractivity contribution >= 4 is 33.0 Å². The van der Waals surface area contributed by atoms with Crippen LogP contribution in [0.15, 0.2) is 34.2 Å². The van der Waals surface area contributed by atoms with E-state index in [1.807, 2.05) is 25.3 Å². The Hall–Kier alpha value is -0.870. The van der Waals surface area contributed by atoms with Crippen molar-refractivity contribution in [3.05, 3.63) is 44.8 Å². The van der Waals surface area contributed by atoms with Crippen LogP contribution >= 0.6 is 27.3 Å². The summed E-state index contributed by atoms with van der Waals surface area (Å²) in [5.74, 6) is 0. The van der Waals surface area contributed by atoms with Gasteiger partial charge in [-0.15, -0.1) is 11.3 Å². The fourth-order valence-electron chi connectivity index (χ4n) is 1.30. The van der Waals surface area contributed by atoms with Gasteiger partial charge in [-0.05, 0) is 46.4 Å². The Kier molecular flexibility index (Phi) is 3.38. The molecule has 0 aromatic carbocycles. The third-order valence-corrected chi connectivity index (χ3v) is 4.06. The summed E-state index contributed by atoms with van der Waals surface area (Å²) in [6, 6.07) is 6.06. The summed E-state index contributed by atoms with van der Waals surface area (Å²) in [7, 11) is 0. The summed E-state index contributed by atoms with van der Waals surface area (Å²) in [6.07, 6.45) is 1.81. The fraction of sp³-hybridized carbons (Fsp3) is 0.182. The molecule has 0 saturated heterocycles. The molecule has 0 aliphatic heterocycles. The lowest BCUT2D eigenvalue weighted by molar-refractivity contribution is 1.13. The van der Waals surface area contributed by atoms with Gasteiger partial charge in [-0.25, -0.2) is 0 Å². The number of nitrogens with one attached hydrogen (secondary N) is 1. The molecular weight excluding hydrogens is 272 g/mol. The van der Waals surface area contributed by atoms with Crippen LogP contribution < -0.4 is 5.32 Å². The molecule has 0 fully saturated rings. The maximum atomic E-state index is 4.23. The maximum Gasteiger partial charge on any atom is 0.0603 e. The molecule has 4 heteroatoms. The number of anilines is 1. The van der Waals surface area contributed by atoms with Crippen molar-refractivity contribution in [2.45, 2.75) is 13.5 Å². The van der Waals surface area contributed by atoms with Gasteiger partial charge in [-0.1, -0.05) is 0 Å². The summed E-state index contributed by atoms with van der Waals surface area (Å²) in [4.78, 5) is 5.53. The SMILES string of the molecule is Cc1ncccc1NCc1sccc1Br. The molecule has 0 amide bonds. The number of halogens is 1. The van der Waals surface area contributed by atoms with Gasteiger partial charge in [0.1, 0.15) is 0 Å². The van der Waals surface area contributed by atoms with Gasteiger partial charge in [0.2, 0.25) is 0 Å². The topological polar surface area (TPSA) is 24.9 Å². The molecule has 0 unspecified atom stereocenters. The lowest BCUT2D eigenvalue weighted by atomic mass is 10.3. The lowest BCUT2D eigenvalue weighted by Crippen LogP contribution is -2.00. The van der Waals surface area contributed by atoms with Crippen molar-refractivity contribution in [2.75, 3.05) is 5.32 Å². The smallest absolute Gasteiger partial charge is 0.0603 e. The Balaban J connectivity index is 2.06. The van der Waals surface area contributed by atoms with Crippen LogP contribution in [0, 0.1) is 6.92 Å². The van der Waals surface area contributed by atoms with Gasteiger partial charge in [0, 0.05) is 15.5 Å². The molecule has 0 saturated carbocycles. The van der Waals surface area contributed by atoms with E-state index in [0.29, 0.717) is 0 Å². The monoisotopic (exact) mass is 282 g/mol. The van der Waals surface area contributed by atoms with Gasteiger partial charge in [0.05, 0.1) is 17.9 Å². The van der Waals surface area contributed by atoms with Crippen molar-refractivity contribution in [1.82, 2.24) is 4.98 Å². The van der Waals surface area contributed by atoms with E-state index in [2.05, 4.69) is 37.7 Å². The van der Waals surface area contributed by atoms with Crippen LogP contribution in [0.25, 0.3) is 0 Å². The normalized spacial score (nSPS) is 10.3. The number of thiophene rings is 1. The van der Waals surface area contributed by atoms with E-state index in [1.165, 1.54) is 9.35 Å². The quantitative estimate of drug-likeness (QED) is 0.926. The van der Waals surface area contributed by atoms with E-state index in [-0.39, 0.29) is 0 Å². The number of hydrogen-bond acceptors (Lipinski definition) is 3. The highest BCUT2D eigenvalue weighted by molar-refractivity contribution is 9.10. The summed E-state index contributed by atoms with van der Waals surface area (Å²) < 4.78 is 1.17. The van der Waals surface area contributed by atoms with Gasteiger partial charge in [0.15, 0.2) is 0 Å². The zero-order chi connectivity index (χ0) is 10.7. The Morgan fingerprint density at radius 1 is 1.47 bits per heavy atom. The van der Waals surface area contributed by atoms with E-state index >= 15 is 0 Å². The van der Waals surface area contributed by atoms with Crippen LogP contribution in [0.2, 0.25) is 0 Å². The second-order valence-corrected chi connectivity index (χ2v) is 5.04. The zero-order valence-corrected chi connectivity index (χ0v) is 10.7. The van der Waals surface area contributed by atoms with Gasteiger partial charge in [-0.2, -0.15) is 0 Å². The molecule has 2 aromatic heterocycles. The standard InChI is InChI=1S/C11H11BrN2S/c1-8-10(3-2-5-13-8)14-7-11-9(12)4-6-15-11/h2-6,14H,7H2,1H3. The second-order valence-electron chi connectivity index (χ2n) is 3.18. The zero-order valence-electron chi connectivity index (χ0n) is 8.33. The van der Waals surface area contributed by atoms with E-state index in [1.54, 1.807) is 11.3 Å². The minimum Gasteiger partial charge on any atom is -0.379 e. The van der Waals surface area contributed by atoms with E-state index < -0.39 is 0 Å². The van der Waals surface area contributed by atoms with Crippen LogP contribution in [0.1, 0.15) is 10.6 Å². The van der Waals surface area contributed by atoms with E-state index in [4.69, 9.17) is 0 Å². The predicted octanol–water partition coefficient (Wildman–Crippen LogP) is 3.83. The molecule has 2 nitrogen and oxygen atoms in total. The number of pyridine rings is 1. The highest BCUT2D eigenvalue weighted by atomic mass is 79.9.